The fourth-order valence-corrected chi connectivity index (χ4v) is 1.25. The molecule has 5 nitrogen and oxygen atoms in total. The molecular formula is C9H9BrN4O. The van der Waals surface area contributed by atoms with Crippen molar-refractivity contribution in [2.75, 3.05) is 0 Å². The standard InChI is InChI=1S/C9H9BrN4O/c1-2-6(10)9-13-8(14-15-9)7-3-4-11-5-12-7/h3-6H,2H2,1H3. The zero-order valence-electron chi connectivity index (χ0n) is 8.09. The third-order valence-corrected chi connectivity index (χ3v) is 2.92. The zero-order valence-corrected chi connectivity index (χ0v) is 9.68. The van der Waals surface area contributed by atoms with E-state index in [1.807, 2.05) is 6.92 Å². The van der Waals surface area contributed by atoms with Crippen molar-refractivity contribution in [1.29, 1.82) is 0 Å². The van der Waals surface area contributed by atoms with Crippen molar-refractivity contribution in [2.45, 2.75) is 18.2 Å². The Morgan fingerprint density at radius 2 is 2.40 bits per heavy atom. The van der Waals surface area contributed by atoms with Crippen molar-refractivity contribution >= 4 is 15.9 Å². The van der Waals surface area contributed by atoms with Gasteiger partial charge in [-0.15, -0.1) is 0 Å². The highest BCUT2D eigenvalue weighted by atomic mass is 79.9. The number of alkyl halides is 1. The van der Waals surface area contributed by atoms with Crippen molar-refractivity contribution in [1.82, 2.24) is 20.1 Å². The van der Waals surface area contributed by atoms with E-state index in [0.29, 0.717) is 17.4 Å². The highest BCUT2D eigenvalue weighted by molar-refractivity contribution is 9.09. The Kier molecular flexibility index (Phi) is 3.05. The van der Waals surface area contributed by atoms with Crippen molar-refractivity contribution in [2.24, 2.45) is 0 Å². The molecule has 0 aromatic carbocycles. The second kappa shape index (κ2) is 4.48. The minimum atomic E-state index is 0.0978. The first kappa shape index (κ1) is 10.2. The minimum Gasteiger partial charge on any atom is -0.338 e. The summed E-state index contributed by atoms with van der Waals surface area (Å²) in [5, 5.41) is 3.85. The van der Waals surface area contributed by atoms with Crippen LogP contribution in [0.1, 0.15) is 24.1 Å². The highest BCUT2D eigenvalue weighted by Gasteiger charge is 2.15. The van der Waals surface area contributed by atoms with E-state index in [1.54, 1.807) is 12.3 Å². The number of hydrogen-bond acceptors (Lipinski definition) is 5. The average molecular weight is 269 g/mol. The molecule has 2 aromatic heterocycles. The van der Waals surface area contributed by atoms with E-state index in [1.165, 1.54) is 6.33 Å². The number of aromatic nitrogens is 4. The SMILES string of the molecule is CCC(Br)c1nc(-c2ccncn2)no1. The molecule has 15 heavy (non-hydrogen) atoms. The molecule has 0 amide bonds. The van der Waals surface area contributed by atoms with Gasteiger partial charge in [-0.2, -0.15) is 4.98 Å². The van der Waals surface area contributed by atoms with Crippen LogP contribution in [0.4, 0.5) is 0 Å². The van der Waals surface area contributed by atoms with Crippen LogP contribution < -0.4 is 0 Å². The maximum absolute atomic E-state index is 5.10. The normalized spacial score (nSPS) is 12.7. The van der Waals surface area contributed by atoms with Crippen LogP contribution in [0.5, 0.6) is 0 Å². The summed E-state index contributed by atoms with van der Waals surface area (Å²) < 4.78 is 5.10. The molecule has 6 heteroatoms. The van der Waals surface area contributed by atoms with Crippen molar-refractivity contribution in [3.8, 4) is 11.5 Å². The van der Waals surface area contributed by atoms with Gasteiger partial charge in [0.2, 0.25) is 11.7 Å². The summed E-state index contributed by atoms with van der Waals surface area (Å²) in [7, 11) is 0. The third-order valence-electron chi connectivity index (χ3n) is 1.88. The van der Waals surface area contributed by atoms with Gasteiger partial charge >= 0.3 is 0 Å². The van der Waals surface area contributed by atoms with Crippen molar-refractivity contribution < 1.29 is 4.52 Å². The van der Waals surface area contributed by atoms with E-state index in [0.717, 1.165) is 6.42 Å². The Morgan fingerprint density at radius 3 is 3.07 bits per heavy atom. The fraction of sp³-hybridized carbons (Fsp3) is 0.333. The van der Waals surface area contributed by atoms with E-state index < -0.39 is 0 Å². The molecule has 0 saturated heterocycles. The summed E-state index contributed by atoms with van der Waals surface area (Å²) in [6.45, 7) is 2.04. The molecule has 0 spiro atoms. The number of hydrogen-bond donors (Lipinski definition) is 0. The second-order valence-electron chi connectivity index (χ2n) is 2.93. The van der Waals surface area contributed by atoms with Crippen molar-refractivity contribution in [3.63, 3.8) is 0 Å². The van der Waals surface area contributed by atoms with Crippen LogP contribution in [-0.4, -0.2) is 20.1 Å². The summed E-state index contributed by atoms with van der Waals surface area (Å²) in [5.74, 6) is 1.07. The van der Waals surface area contributed by atoms with E-state index in [4.69, 9.17) is 4.52 Å². The van der Waals surface area contributed by atoms with Crippen LogP contribution in [-0.2, 0) is 0 Å². The van der Waals surface area contributed by atoms with Gasteiger partial charge in [0.1, 0.15) is 12.0 Å². The number of rotatable bonds is 3. The van der Waals surface area contributed by atoms with E-state index in [2.05, 4.69) is 36.0 Å². The van der Waals surface area contributed by atoms with E-state index in [-0.39, 0.29) is 4.83 Å². The molecule has 2 rings (SSSR count). The van der Waals surface area contributed by atoms with Gasteiger partial charge < -0.3 is 4.52 Å². The first-order chi connectivity index (χ1) is 7.31. The summed E-state index contributed by atoms with van der Waals surface area (Å²) in [6, 6.07) is 1.74. The molecule has 0 aliphatic heterocycles. The predicted octanol–water partition coefficient (Wildman–Crippen LogP) is 2.37. The topological polar surface area (TPSA) is 64.7 Å². The quantitative estimate of drug-likeness (QED) is 0.800. The molecule has 1 unspecified atom stereocenters. The lowest BCUT2D eigenvalue weighted by Crippen LogP contribution is -1.89. The van der Waals surface area contributed by atoms with Crippen LogP contribution >= 0.6 is 15.9 Å². The lowest BCUT2D eigenvalue weighted by molar-refractivity contribution is 0.376. The summed E-state index contributed by atoms with van der Waals surface area (Å²) in [6.07, 6.45) is 3.99. The lowest BCUT2D eigenvalue weighted by Gasteiger charge is -1.96. The molecule has 0 N–H and O–H groups in total. The molecule has 0 aliphatic carbocycles. The zero-order chi connectivity index (χ0) is 10.7. The van der Waals surface area contributed by atoms with Crippen LogP contribution in [0.2, 0.25) is 0 Å². The summed E-state index contributed by atoms with van der Waals surface area (Å²) in [5.41, 5.74) is 0.663. The van der Waals surface area contributed by atoms with Gasteiger partial charge in [0.05, 0.1) is 4.83 Å². The number of halogens is 1. The molecular weight excluding hydrogens is 260 g/mol. The molecule has 0 saturated carbocycles. The van der Waals surface area contributed by atoms with E-state index >= 15 is 0 Å². The molecule has 78 valence electrons. The fourth-order valence-electron chi connectivity index (χ4n) is 1.06. The number of nitrogens with zero attached hydrogens (tertiary/aromatic N) is 4. The Balaban J connectivity index is 2.28. The first-order valence-electron chi connectivity index (χ1n) is 4.55. The van der Waals surface area contributed by atoms with Gasteiger partial charge in [-0.3, -0.25) is 0 Å². The van der Waals surface area contributed by atoms with Gasteiger partial charge in [0.25, 0.3) is 0 Å². The smallest absolute Gasteiger partial charge is 0.240 e. The molecule has 2 aromatic rings. The van der Waals surface area contributed by atoms with Gasteiger partial charge in [0.15, 0.2) is 0 Å². The van der Waals surface area contributed by atoms with Crippen LogP contribution in [0.3, 0.4) is 0 Å². The Hall–Kier alpha value is -1.30. The maximum atomic E-state index is 5.10. The van der Waals surface area contributed by atoms with Gasteiger partial charge in [0, 0.05) is 6.20 Å². The maximum Gasteiger partial charge on any atom is 0.240 e. The second-order valence-corrected chi connectivity index (χ2v) is 4.03. The summed E-state index contributed by atoms with van der Waals surface area (Å²) >= 11 is 3.44. The average Bonchev–Trinajstić information content (AvgIpc) is 2.78. The summed E-state index contributed by atoms with van der Waals surface area (Å²) in [4.78, 5) is 12.2. The van der Waals surface area contributed by atoms with E-state index in [9.17, 15) is 0 Å². The molecule has 0 fully saturated rings. The predicted molar refractivity (Wildman–Crippen MR) is 57.3 cm³/mol. The minimum absolute atomic E-state index is 0.0978. The lowest BCUT2D eigenvalue weighted by atomic mass is 10.3. The Morgan fingerprint density at radius 1 is 1.53 bits per heavy atom. The van der Waals surface area contributed by atoms with Gasteiger partial charge in [-0.1, -0.05) is 28.0 Å². The van der Waals surface area contributed by atoms with Gasteiger partial charge in [-0.05, 0) is 12.5 Å². The molecule has 0 radical (unpaired) electrons. The van der Waals surface area contributed by atoms with Gasteiger partial charge in [-0.25, -0.2) is 9.97 Å². The highest BCUT2D eigenvalue weighted by Crippen LogP contribution is 2.25. The van der Waals surface area contributed by atoms with Crippen LogP contribution in [0.15, 0.2) is 23.1 Å². The molecule has 0 bridgehead atoms. The molecule has 2 heterocycles. The van der Waals surface area contributed by atoms with Crippen molar-refractivity contribution in [3.05, 3.63) is 24.5 Å². The van der Waals surface area contributed by atoms with Crippen LogP contribution in [0.25, 0.3) is 11.5 Å². The Labute approximate surface area is 95.1 Å². The molecule has 0 aliphatic rings. The largest absolute Gasteiger partial charge is 0.338 e. The van der Waals surface area contributed by atoms with Crippen LogP contribution in [0, 0.1) is 0 Å². The third kappa shape index (κ3) is 2.20. The molecule has 1 atom stereocenters. The Bertz CT molecular complexity index is 431. The first-order valence-corrected chi connectivity index (χ1v) is 5.47. The monoisotopic (exact) mass is 268 g/mol.